The molecule has 1 atom stereocenters. The molecule has 25 heavy (non-hydrogen) atoms. The molecular formula is C18H19FN2O4. The second kappa shape index (κ2) is 8.79. The van der Waals surface area contributed by atoms with E-state index in [-0.39, 0.29) is 24.2 Å². The SMILES string of the molecule is COCC(=O)Nc1cccc(NC(=O)C(C)Oc2ccc(F)cc2)c1. The second-order valence-corrected chi connectivity index (χ2v) is 5.27. The minimum Gasteiger partial charge on any atom is -0.481 e. The predicted molar refractivity (Wildman–Crippen MR) is 92.1 cm³/mol. The van der Waals surface area contributed by atoms with Gasteiger partial charge in [0.1, 0.15) is 18.2 Å². The predicted octanol–water partition coefficient (Wildman–Crippen LogP) is 2.82. The molecule has 1 unspecified atom stereocenters. The van der Waals surface area contributed by atoms with Crippen LogP contribution in [-0.2, 0) is 14.3 Å². The maximum absolute atomic E-state index is 12.9. The number of carbonyl (C=O) groups excluding carboxylic acids is 2. The molecule has 132 valence electrons. The molecule has 0 fully saturated rings. The van der Waals surface area contributed by atoms with E-state index in [0.29, 0.717) is 17.1 Å². The lowest BCUT2D eigenvalue weighted by Crippen LogP contribution is -2.30. The van der Waals surface area contributed by atoms with Gasteiger partial charge in [-0.25, -0.2) is 4.39 Å². The maximum Gasteiger partial charge on any atom is 0.265 e. The Morgan fingerprint density at radius 3 is 2.36 bits per heavy atom. The van der Waals surface area contributed by atoms with Crippen LogP contribution in [0.5, 0.6) is 5.75 Å². The first-order valence-electron chi connectivity index (χ1n) is 7.60. The van der Waals surface area contributed by atoms with Gasteiger partial charge in [-0.15, -0.1) is 0 Å². The lowest BCUT2D eigenvalue weighted by molar-refractivity contribution is -0.122. The zero-order chi connectivity index (χ0) is 18.2. The van der Waals surface area contributed by atoms with Crippen LogP contribution in [0.4, 0.5) is 15.8 Å². The summed E-state index contributed by atoms with van der Waals surface area (Å²) in [4.78, 5) is 23.7. The van der Waals surface area contributed by atoms with E-state index >= 15 is 0 Å². The van der Waals surface area contributed by atoms with E-state index in [0.717, 1.165) is 0 Å². The van der Waals surface area contributed by atoms with E-state index in [2.05, 4.69) is 10.6 Å². The van der Waals surface area contributed by atoms with Crippen molar-refractivity contribution in [2.45, 2.75) is 13.0 Å². The van der Waals surface area contributed by atoms with Crippen LogP contribution in [-0.4, -0.2) is 31.6 Å². The van der Waals surface area contributed by atoms with Crippen LogP contribution in [0.15, 0.2) is 48.5 Å². The van der Waals surface area contributed by atoms with Gasteiger partial charge in [0.15, 0.2) is 6.10 Å². The quantitative estimate of drug-likeness (QED) is 0.808. The first-order valence-corrected chi connectivity index (χ1v) is 7.60. The number of ether oxygens (including phenoxy) is 2. The Morgan fingerprint density at radius 1 is 1.08 bits per heavy atom. The standard InChI is InChI=1S/C18H19FN2O4/c1-12(25-16-8-6-13(19)7-9-16)18(23)21-15-5-3-4-14(10-15)20-17(22)11-24-2/h3-10,12H,11H2,1-2H3,(H,20,22)(H,21,23). The molecule has 2 N–H and O–H groups in total. The second-order valence-electron chi connectivity index (χ2n) is 5.27. The van der Waals surface area contributed by atoms with Gasteiger partial charge in [-0.3, -0.25) is 9.59 Å². The van der Waals surface area contributed by atoms with Gasteiger partial charge in [0, 0.05) is 18.5 Å². The monoisotopic (exact) mass is 346 g/mol. The molecule has 6 nitrogen and oxygen atoms in total. The fraction of sp³-hybridized carbons (Fsp3) is 0.222. The van der Waals surface area contributed by atoms with Crippen molar-refractivity contribution in [3.05, 3.63) is 54.3 Å². The third kappa shape index (κ3) is 5.89. The third-order valence-corrected chi connectivity index (χ3v) is 3.19. The van der Waals surface area contributed by atoms with Gasteiger partial charge in [0.05, 0.1) is 0 Å². The zero-order valence-electron chi connectivity index (χ0n) is 13.9. The minimum absolute atomic E-state index is 0.0564. The van der Waals surface area contributed by atoms with Gasteiger partial charge < -0.3 is 20.1 Å². The van der Waals surface area contributed by atoms with Gasteiger partial charge in [-0.05, 0) is 49.4 Å². The van der Waals surface area contributed by atoms with Crippen molar-refractivity contribution in [2.24, 2.45) is 0 Å². The molecule has 0 aliphatic carbocycles. The average molecular weight is 346 g/mol. The fourth-order valence-corrected chi connectivity index (χ4v) is 2.02. The molecule has 2 aromatic carbocycles. The third-order valence-electron chi connectivity index (χ3n) is 3.19. The molecule has 0 spiro atoms. The van der Waals surface area contributed by atoms with Crippen molar-refractivity contribution < 1.29 is 23.5 Å². The van der Waals surface area contributed by atoms with Gasteiger partial charge >= 0.3 is 0 Å². The van der Waals surface area contributed by atoms with E-state index in [1.165, 1.54) is 31.4 Å². The van der Waals surface area contributed by atoms with Crippen molar-refractivity contribution in [3.63, 3.8) is 0 Å². The number of halogens is 1. The molecule has 2 amide bonds. The lowest BCUT2D eigenvalue weighted by atomic mass is 10.2. The molecule has 0 saturated heterocycles. The highest BCUT2D eigenvalue weighted by atomic mass is 19.1. The Kier molecular flexibility index (Phi) is 6.47. The molecule has 2 aromatic rings. The summed E-state index contributed by atoms with van der Waals surface area (Å²) in [7, 11) is 1.43. The summed E-state index contributed by atoms with van der Waals surface area (Å²) in [5.41, 5.74) is 1.04. The first kappa shape index (κ1) is 18.4. The Balaban J connectivity index is 1.95. The molecule has 0 aromatic heterocycles. The molecule has 0 radical (unpaired) electrons. The van der Waals surface area contributed by atoms with Crippen molar-refractivity contribution >= 4 is 23.2 Å². The average Bonchev–Trinajstić information content (AvgIpc) is 2.57. The van der Waals surface area contributed by atoms with Crippen LogP contribution in [0.2, 0.25) is 0 Å². The number of hydrogen-bond donors (Lipinski definition) is 2. The van der Waals surface area contributed by atoms with E-state index in [1.807, 2.05) is 0 Å². The molecule has 2 rings (SSSR count). The summed E-state index contributed by atoms with van der Waals surface area (Å²) >= 11 is 0. The van der Waals surface area contributed by atoms with Gasteiger partial charge in [-0.1, -0.05) is 6.07 Å². The Labute approximate surface area is 144 Å². The molecule has 0 saturated carbocycles. The molecule has 0 aliphatic heterocycles. The van der Waals surface area contributed by atoms with E-state index in [1.54, 1.807) is 31.2 Å². The highest BCUT2D eigenvalue weighted by Crippen LogP contribution is 2.17. The van der Waals surface area contributed by atoms with Crippen LogP contribution in [0.25, 0.3) is 0 Å². The normalized spacial score (nSPS) is 11.5. The molecule has 0 aliphatic rings. The van der Waals surface area contributed by atoms with E-state index in [9.17, 15) is 14.0 Å². The first-order chi connectivity index (χ1) is 12.0. The van der Waals surface area contributed by atoms with E-state index < -0.39 is 6.10 Å². The van der Waals surface area contributed by atoms with Crippen molar-refractivity contribution in [2.75, 3.05) is 24.4 Å². The summed E-state index contributed by atoms with van der Waals surface area (Å²) in [5.74, 6) is -0.648. The highest BCUT2D eigenvalue weighted by molar-refractivity contribution is 5.96. The molecule has 0 heterocycles. The minimum atomic E-state index is -0.780. The van der Waals surface area contributed by atoms with Gasteiger partial charge in [0.2, 0.25) is 5.91 Å². The summed E-state index contributed by atoms with van der Waals surface area (Å²) in [6.07, 6.45) is -0.780. The van der Waals surface area contributed by atoms with Crippen LogP contribution in [0, 0.1) is 5.82 Å². The Hall–Kier alpha value is -2.93. The Morgan fingerprint density at radius 2 is 1.72 bits per heavy atom. The zero-order valence-corrected chi connectivity index (χ0v) is 13.9. The topological polar surface area (TPSA) is 76.7 Å². The van der Waals surface area contributed by atoms with Crippen molar-refractivity contribution in [3.8, 4) is 5.75 Å². The number of benzene rings is 2. The number of methoxy groups -OCH3 is 1. The summed E-state index contributed by atoms with van der Waals surface area (Å²) < 4.78 is 23.1. The number of amides is 2. The van der Waals surface area contributed by atoms with Crippen LogP contribution >= 0.6 is 0 Å². The Bertz CT molecular complexity index is 734. The van der Waals surface area contributed by atoms with Crippen LogP contribution in [0.3, 0.4) is 0 Å². The summed E-state index contributed by atoms with van der Waals surface area (Å²) in [6.45, 7) is 1.53. The largest absolute Gasteiger partial charge is 0.481 e. The number of anilines is 2. The molecule has 7 heteroatoms. The molecular weight excluding hydrogens is 327 g/mol. The van der Waals surface area contributed by atoms with Gasteiger partial charge in [0.25, 0.3) is 5.91 Å². The lowest BCUT2D eigenvalue weighted by Gasteiger charge is -2.15. The number of carbonyl (C=O) groups is 2. The van der Waals surface area contributed by atoms with Gasteiger partial charge in [-0.2, -0.15) is 0 Å². The van der Waals surface area contributed by atoms with Crippen molar-refractivity contribution in [1.29, 1.82) is 0 Å². The maximum atomic E-state index is 12.9. The number of hydrogen-bond acceptors (Lipinski definition) is 4. The van der Waals surface area contributed by atoms with Crippen LogP contribution in [0.1, 0.15) is 6.92 Å². The summed E-state index contributed by atoms with van der Waals surface area (Å²) in [6, 6.07) is 12.1. The number of rotatable bonds is 7. The highest BCUT2D eigenvalue weighted by Gasteiger charge is 2.15. The van der Waals surface area contributed by atoms with Crippen LogP contribution < -0.4 is 15.4 Å². The van der Waals surface area contributed by atoms with E-state index in [4.69, 9.17) is 9.47 Å². The smallest absolute Gasteiger partial charge is 0.265 e. The fourth-order valence-electron chi connectivity index (χ4n) is 2.02. The van der Waals surface area contributed by atoms with Crippen molar-refractivity contribution in [1.82, 2.24) is 0 Å². The molecule has 0 bridgehead atoms. The number of nitrogens with one attached hydrogen (secondary N) is 2. The summed E-state index contributed by atoms with van der Waals surface area (Å²) in [5, 5.41) is 5.35.